The van der Waals surface area contributed by atoms with E-state index in [0.717, 1.165) is 12.0 Å². The Morgan fingerprint density at radius 3 is 2.88 bits per heavy atom. The van der Waals surface area contributed by atoms with Crippen LogP contribution in [0.15, 0.2) is 12.1 Å². The van der Waals surface area contributed by atoms with Crippen LogP contribution >= 0.6 is 11.3 Å². The Labute approximate surface area is 103 Å². The second kappa shape index (κ2) is 5.83. The minimum Gasteiger partial charge on any atom is -0.314 e. The molecule has 0 spiro atoms. The molecule has 2 rings (SSSR count). The van der Waals surface area contributed by atoms with E-state index in [4.69, 9.17) is 0 Å². The maximum Gasteiger partial charge on any atom is 0.00730 e. The van der Waals surface area contributed by atoms with Crippen LogP contribution in [0.1, 0.15) is 42.9 Å². The highest BCUT2D eigenvalue weighted by molar-refractivity contribution is 7.11. The first-order valence-corrected chi connectivity index (χ1v) is 7.40. The lowest BCUT2D eigenvalue weighted by Gasteiger charge is -2.28. The number of piperidine rings is 1. The van der Waals surface area contributed by atoms with Crippen LogP contribution < -0.4 is 5.32 Å². The third-order valence-corrected chi connectivity index (χ3v) is 4.85. The van der Waals surface area contributed by atoms with Crippen molar-refractivity contribution in [3.05, 3.63) is 21.9 Å². The standard InChI is InChI=1S/C14H23NS/c1-3-13-6-7-14(16-13)5-4-12-10-11(2)8-9-15-12/h6-7,11-12,15H,3-5,8-10H2,1-2H3. The lowest BCUT2D eigenvalue weighted by Crippen LogP contribution is -2.37. The van der Waals surface area contributed by atoms with Gasteiger partial charge in [-0.2, -0.15) is 0 Å². The molecule has 90 valence electrons. The largest absolute Gasteiger partial charge is 0.314 e. The highest BCUT2D eigenvalue weighted by Gasteiger charge is 2.17. The van der Waals surface area contributed by atoms with Gasteiger partial charge in [-0.3, -0.25) is 0 Å². The summed E-state index contributed by atoms with van der Waals surface area (Å²) in [6.45, 7) is 5.84. The zero-order valence-corrected chi connectivity index (χ0v) is 11.3. The number of nitrogens with one attached hydrogen (secondary N) is 1. The van der Waals surface area contributed by atoms with Crippen LogP contribution in [0.5, 0.6) is 0 Å². The van der Waals surface area contributed by atoms with Crippen molar-refractivity contribution in [1.82, 2.24) is 5.32 Å². The van der Waals surface area contributed by atoms with Gasteiger partial charge in [0.15, 0.2) is 0 Å². The first-order valence-electron chi connectivity index (χ1n) is 6.59. The third-order valence-electron chi connectivity index (χ3n) is 3.56. The normalized spacial score (nSPS) is 25.9. The topological polar surface area (TPSA) is 12.0 Å². The molecule has 0 saturated carbocycles. The minimum atomic E-state index is 0.760. The molecule has 1 fully saturated rings. The lowest BCUT2D eigenvalue weighted by atomic mass is 9.92. The molecule has 16 heavy (non-hydrogen) atoms. The van der Waals surface area contributed by atoms with Crippen molar-refractivity contribution < 1.29 is 0 Å². The average Bonchev–Trinajstić information content (AvgIpc) is 2.74. The molecule has 2 heteroatoms. The van der Waals surface area contributed by atoms with E-state index in [1.54, 1.807) is 4.88 Å². The molecule has 2 unspecified atom stereocenters. The summed E-state index contributed by atoms with van der Waals surface area (Å²) in [4.78, 5) is 3.09. The monoisotopic (exact) mass is 237 g/mol. The Kier molecular flexibility index (Phi) is 4.42. The van der Waals surface area contributed by atoms with E-state index in [1.807, 2.05) is 11.3 Å². The number of aryl methyl sites for hydroxylation is 2. The summed E-state index contributed by atoms with van der Waals surface area (Å²) in [6, 6.07) is 5.36. The first kappa shape index (κ1) is 12.1. The Balaban J connectivity index is 1.78. The van der Waals surface area contributed by atoms with Crippen LogP contribution in [0.4, 0.5) is 0 Å². The molecule has 1 saturated heterocycles. The molecule has 1 aliphatic heterocycles. The Bertz CT molecular complexity index is 318. The van der Waals surface area contributed by atoms with Gasteiger partial charge in [0.2, 0.25) is 0 Å². The third kappa shape index (κ3) is 3.33. The summed E-state index contributed by atoms with van der Waals surface area (Å²) in [5.41, 5.74) is 0. The molecule has 0 amide bonds. The van der Waals surface area contributed by atoms with E-state index in [9.17, 15) is 0 Å². The highest BCUT2D eigenvalue weighted by atomic mass is 32.1. The number of rotatable bonds is 4. The fourth-order valence-electron chi connectivity index (χ4n) is 2.50. The van der Waals surface area contributed by atoms with Gasteiger partial charge >= 0.3 is 0 Å². The molecule has 0 aliphatic carbocycles. The van der Waals surface area contributed by atoms with Crippen molar-refractivity contribution in [3.63, 3.8) is 0 Å². The van der Waals surface area contributed by atoms with Crippen LogP contribution in [0, 0.1) is 5.92 Å². The molecule has 0 radical (unpaired) electrons. The van der Waals surface area contributed by atoms with Gasteiger partial charge in [0, 0.05) is 15.8 Å². The molecule has 1 aliphatic rings. The van der Waals surface area contributed by atoms with Gasteiger partial charge in [0.05, 0.1) is 0 Å². The van der Waals surface area contributed by atoms with E-state index in [-0.39, 0.29) is 0 Å². The SMILES string of the molecule is CCc1ccc(CCC2CC(C)CCN2)s1. The predicted octanol–water partition coefficient (Wildman–Crippen LogP) is 3.63. The van der Waals surface area contributed by atoms with Crippen molar-refractivity contribution in [2.45, 2.75) is 52.0 Å². The van der Waals surface area contributed by atoms with Gasteiger partial charge in [-0.25, -0.2) is 0 Å². The molecule has 0 bridgehead atoms. The summed E-state index contributed by atoms with van der Waals surface area (Å²) in [7, 11) is 0. The summed E-state index contributed by atoms with van der Waals surface area (Å²) in [5, 5.41) is 3.65. The lowest BCUT2D eigenvalue weighted by molar-refractivity contribution is 0.308. The zero-order valence-electron chi connectivity index (χ0n) is 10.5. The molecule has 2 heterocycles. The summed E-state index contributed by atoms with van der Waals surface area (Å²) >= 11 is 1.99. The number of thiophene rings is 1. The molecule has 2 atom stereocenters. The second-order valence-corrected chi connectivity index (χ2v) is 6.29. The van der Waals surface area contributed by atoms with Crippen molar-refractivity contribution in [3.8, 4) is 0 Å². The minimum absolute atomic E-state index is 0.760. The predicted molar refractivity (Wildman–Crippen MR) is 72.2 cm³/mol. The fraction of sp³-hybridized carbons (Fsp3) is 0.714. The van der Waals surface area contributed by atoms with Gasteiger partial charge in [-0.1, -0.05) is 13.8 Å². The van der Waals surface area contributed by atoms with E-state index in [0.29, 0.717) is 0 Å². The smallest absolute Gasteiger partial charge is 0.00730 e. The van der Waals surface area contributed by atoms with Crippen molar-refractivity contribution in [2.75, 3.05) is 6.54 Å². The summed E-state index contributed by atoms with van der Waals surface area (Å²) in [6.07, 6.45) is 6.48. The van der Waals surface area contributed by atoms with Crippen molar-refractivity contribution in [2.24, 2.45) is 5.92 Å². The second-order valence-electron chi connectivity index (χ2n) is 5.04. The van der Waals surface area contributed by atoms with E-state index in [1.165, 1.54) is 43.5 Å². The van der Waals surface area contributed by atoms with Gasteiger partial charge in [0.25, 0.3) is 0 Å². The molecular formula is C14H23NS. The molecular weight excluding hydrogens is 214 g/mol. The molecule has 1 N–H and O–H groups in total. The van der Waals surface area contributed by atoms with E-state index in [2.05, 4.69) is 31.3 Å². The van der Waals surface area contributed by atoms with Crippen molar-refractivity contribution >= 4 is 11.3 Å². The first-order chi connectivity index (χ1) is 7.78. The fourth-order valence-corrected chi connectivity index (χ4v) is 3.48. The Hall–Kier alpha value is -0.340. The Morgan fingerprint density at radius 2 is 2.19 bits per heavy atom. The summed E-state index contributed by atoms with van der Waals surface area (Å²) < 4.78 is 0. The number of hydrogen-bond acceptors (Lipinski definition) is 2. The quantitative estimate of drug-likeness (QED) is 0.843. The van der Waals surface area contributed by atoms with Crippen LogP contribution in [0.3, 0.4) is 0 Å². The molecule has 1 aromatic rings. The van der Waals surface area contributed by atoms with Crippen LogP contribution in [-0.2, 0) is 12.8 Å². The number of hydrogen-bond donors (Lipinski definition) is 1. The highest BCUT2D eigenvalue weighted by Crippen LogP contribution is 2.22. The maximum absolute atomic E-state index is 3.65. The average molecular weight is 237 g/mol. The molecule has 0 aromatic carbocycles. The maximum atomic E-state index is 3.65. The van der Waals surface area contributed by atoms with E-state index < -0.39 is 0 Å². The van der Waals surface area contributed by atoms with Gasteiger partial charge in [0.1, 0.15) is 0 Å². The zero-order chi connectivity index (χ0) is 11.4. The van der Waals surface area contributed by atoms with Crippen molar-refractivity contribution in [1.29, 1.82) is 0 Å². The Morgan fingerprint density at radius 1 is 1.38 bits per heavy atom. The van der Waals surface area contributed by atoms with Crippen LogP contribution in [0.25, 0.3) is 0 Å². The van der Waals surface area contributed by atoms with Gasteiger partial charge in [-0.05, 0) is 56.7 Å². The van der Waals surface area contributed by atoms with Gasteiger partial charge in [-0.15, -0.1) is 11.3 Å². The van der Waals surface area contributed by atoms with Crippen LogP contribution in [-0.4, -0.2) is 12.6 Å². The molecule has 1 nitrogen and oxygen atoms in total. The summed E-state index contributed by atoms with van der Waals surface area (Å²) in [5.74, 6) is 0.917. The van der Waals surface area contributed by atoms with Crippen LogP contribution in [0.2, 0.25) is 0 Å². The molecule has 1 aromatic heterocycles. The van der Waals surface area contributed by atoms with Gasteiger partial charge < -0.3 is 5.32 Å². The van der Waals surface area contributed by atoms with E-state index >= 15 is 0 Å².